The molecule has 4 heteroatoms. The molecule has 3 unspecified atom stereocenters. The highest BCUT2D eigenvalue weighted by Crippen LogP contribution is 2.50. The fraction of sp³-hybridized carbons (Fsp3) is 1.00. The maximum Gasteiger partial charge on any atom is 0.0993 e. The van der Waals surface area contributed by atoms with E-state index in [1.54, 1.807) is 0 Å². The minimum absolute atomic E-state index is 0.169. The molecule has 1 aliphatic carbocycles. The van der Waals surface area contributed by atoms with Gasteiger partial charge in [-0.15, -0.1) is 0 Å². The van der Waals surface area contributed by atoms with Gasteiger partial charge in [-0.05, 0) is 0 Å². The Kier molecular flexibility index (Phi) is 1.61. The molecule has 4 nitrogen and oxygen atoms in total. The van der Waals surface area contributed by atoms with Gasteiger partial charge in [0.15, 0.2) is 0 Å². The summed E-state index contributed by atoms with van der Waals surface area (Å²) in [5.41, 5.74) is -0.751. The quantitative estimate of drug-likeness (QED) is 0.491. The molecule has 0 bridgehead atoms. The second-order valence-electron chi connectivity index (χ2n) is 3.62. The zero-order valence-corrected chi connectivity index (χ0v) is 6.68. The van der Waals surface area contributed by atoms with Crippen LogP contribution in [0.2, 0.25) is 0 Å². The second kappa shape index (κ2) is 2.67. The van der Waals surface area contributed by atoms with E-state index < -0.39 is 18.3 Å². The van der Waals surface area contributed by atoms with Crippen molar-refractivity contribution in [3.8, 4) is 0 Å². The van der Waals surface area contributed by atoms with E-state index in [0.717, 1.165) is 0 Å². The first kappa shape index (κ1) is 7.26. The van der Waals surface area contributed by atoms with Crippen molar-refractivity contribution < 1.29 is 21.4 Å². The molecule has 0 aromatic rings. The first-order valence-corrected chi connectivity index (χ1v) is 4.14. The first-order valence-electron chi connectivity index (χ1n) is 4.72. The minimum Gasteiger partial charge on any atom is -0.396 e. The predicted octanol–water partition coefficient (Wildman–Crippen LogP) is -1.26. The highest BCUT2D eigenvalue weighted by Gasteiger charge is 2.61. The van der Waals surface area contributed by atoms with Crippen LogP contribution in [0.15, 0.2) is 0 Å². The number of hydrogen-bond acceptors (Lipinski definition) is 4. The number of rotatable bonds is 2. The van der Waals surface area contributed by atoms with Crippen molar-refractivity contribution in [2.75, 3.05) is 19.8 Å². The van der Waals surface area contributed by atoms with Crippen LogP contribution in [0.5, 0.6) is 0 Å². The molecule has 1 heterocycles. The second-order valence-corrected chi connectivity index (χ2v) is 3.62. The lowest BCUT2D eigenvalue weighted by Gasteiger charge is -2.47. The van der Waals surface area contributed by atoms with Crippen LogP contribution in [0.4, 0.5) is 0 Å². The van der Waals surface area contributed by atoms with Gasteiger partial charge in [-0.1, -0.05) is 0 Å². The molecule has 0 aromatic heterocycles. The summed E-state index contributed by atoms with van der Waals surface area (Å²) in [4.78, 5) is 0. The molecule has 5 atom stereocenters. The summed E-state index contributed by atoms with van der Waals surface area (Å²) in [6.07, 6.45) is -0.167. The van der Waals surface area contributed by atoms with Gasteiger partial charge < -0.3 is 20.1 Å². The van der Waals surface area contributed by atoms with Crippen molar-refractivity contribution in [1.82, 2.24) is 0 Å². The predicted molar refractivity (Wildman–Crippen MR) is 40.5 cm³/mol. The van der Waals surface area contributed by atoms with Gasteiger partial charge in [-0.2, -0.15) is 0 Å². The van der Waals surface area contributed by atoms with E-state index in [1.807, 2.05) is 0 Å². The van der Waals surface area contributed by atoms with E-state index in [-0.39, 0.29) is 25.0 Å². The zero-order valence-electron chi connectivity index (χ0n) is 7.68. The first-order chi connectivity index (χ1) is 6.14. The molecule has 1 saturated heterocycles. The molecule has 0 amide bonds. The summed E-state index contributed by atoms with van der Waals surface area (Å²) in [6, 6.07) is 0. The van der Waals surface area contributed by atoms with Crippen molar-refractivity contribution in [2.45, 2.75) is 18.1 Å². The Balaban J connectivity index is 2.18. The molecule has 1 aliphatic heterocycles. The third-order valence-electron chi connectivity index (χ3n) is 2.99. The van der Waals surface area contributed by atoms with Crippen molar-refractivity contribution in [2.24, 2.45) is 11.8 Å². The summed E-state index contributed by atoms with van der Waals surface area (Å²) in [7, 11) is 0. The Morgan fingerprint density at radius 2 is 2.33 bits per heavy atom. The number of fused-ring (bicyclic) bond motifs is 1. The average Bonchev–Trinajstić information content (AvgIpc) is 2.33. The molecule has 0 aromatic carbocycles. The van der Waals surface area contributed by atoms with E-state index in [4.69, 9.17) is 16.3 Å². The van der Waals surface area contributed by atoms with E-state index in [0.29, 0.717) is 6.42 Å². The molecule has 0 radical (unpaired) electrons. The lowest BCUT2D eigenvalue weighted by molar-refractivity contribution is -0.178. The minimum atomic E-state index is -0.820. The van der Waals surface area contributed by atoms with Crippen molar-refractivity contribution >= 4 is 0 Å². The van der Waals surface area contributed by atoms with Gasteiger partial charge in [0.25, 0.3) is 0 Å². The maximum absolute atomic E-state index is 9.45. The Morgan fingerprint density at radius 1 is 1.58 bits per heavy atom. The molecule has 3 N–H and O–H groups in total. The van der Waals surface area contributed by atoms with Crippen LogP contribution < -0.4 is 0 Å². The van der Waals surface area contributed by atoms with Crippen LogP contribution in [0, 0.1) is 11.8 Å². The van der Waals surface area contributed by atoms with Crippen LogP contribution in [0.1, 0.15) is 7.79 Å². The molecule has 2 aliphatic rings. The van der Waals surface area contributed by atoms with Crippen LogP contribution in [-0.2, 0) is 4.74 Å². The lowest BCUT2D eigenvalue weighted by Crippen LogP contribution is -2.59. The molecular formula is C8H14O4. The zero-order chi connectivity index (χ0) is 9.64. The number of ether oxygens (including phenoxy) is 1. The standard InChI is InChI=1S/C8H14O4/c9-2-5-3-12-8(4-10)1-6(11)7(5)8/h5-7,9-11H,1-4H2/t5?,6?,7-,8+/m0/s1/i3T/t3?,5?,6?,7-,8+. The molecular weight excluding hydrogens is 160 g/mol. The summed E-state index contributed by atoms with van der Waals surface area (Å²) < 4.78 is 12.8. The van der Waals surface area contributed by atoms with E-state index in [2.05, 4.69) is 0 Å². The Hall–Kier alpha value is -0.160. The van der Waals surface area contributed by atoms with Gasteiger partial charge >= 0.3 is 0 Å². The van der Waals surface area contributed by atoms with E-state index in [9.17, 15) is 5.11 Å². The van der Waals surface area contributed by atoms with Crippen molar-refractivity contribution in [3.63, 3.8) is 0 Å². The topological polar surface area (TPSA) is 69.9 Å². The van der Waals surface area contributed by atoms with Gasteiger partial charge in [0.05, 0.1) is 26.3 Å². The maximum atomic E-state index is 9.45. The highest BCUT2D eigenvalue weighted by atomic mass is 16.5. The van der Waals surface area contributed by atoms with Crippen LogP contribution in [0.3, 0.4) is 0 Å². The summed E-state index contributed by atoms with van der Waals surface area (Å²) in [5, 5.41) is 27.5. The largest absolute Gasteiger partial charge is 0.396 e. The van der Waals surface area contributed by atoms with Gasteiger partial charge in [-0.3, -0.25) is 0 Å². The number of aliphatic hydroxyl groups is 3. The van der Waals surface area contributed by atoms with Crippen LogP contribution in [-0.4, -0.2) is 46.8 Å². The van der Waals surface area contributed by atoms with Crippen LogP contribution >= 0.6 is 0 Å². The van der Waals surface area contributed by atoms with Crippen molar-refractivity contribution in [3.05, 3.63) is 0 Å². The SMILES string of the molecule is [3H]C1O[C@@]2(CO)CC(O)[C@@H]2C1CO. The third-order valence-corrected chi connectivity index (χ3v) is 2.99. The lowest BCUT2D eigenvalue weighted by atomic mass is 9.64. The molecule has 2 rings (SSSR count). The Bertz CT molecular complexity index is 212. The molecule has 70 valence electrons. The molecule has 0 spiro atoms. The average molecular weight is 176 g/mol. The molecule has 12 heavy (non-hydrogen) atoms. The summed E-state index contributed by atoms with van der Waals surface area (Å²) >= 11 is 0. The third kappa shape index (κ3) is 0.864. The van der Waals surface area contributed by atoms with Crippen LogP contribution in [0.25, 0.3) is 0 Å². The number of hydrogen-bond donors (Lipinski definition) is 3. The fourth-order valence-electron chi connectivity index (χ4n) is 2.28. The van der Waals surface area contributed by atoms with Gasteiger partial charge in [0.2, 0.25) is 0 Å². The smallest absolute Gasteiger partial charge is 0.0993 e. The normalized spacial score (nSPS) is 59.1. The summed E-state index contributed by atoms with van der Waals surface area (Å²) in [5.74, 6) is -0.638. The number of aliphatic hydroxyl groups excluding tert-OH is 3. The Labute approximate surface area is 72.2 Å². The molecule has 2 fully saturated rings. The fourth-order valence-corrected chi connectivity index (χ4v) is 2.28. The van der Waals surface area contributed by atoms with E-state index >= 15 is 0 Å². The highest BCUT2D eigenvalue weighted by molar-refractivity contribution is 5.09. The van der Waals surface area contributed by atoms with Crippen molar-refractivity contribution in [1.29, 1.82) is 0 Å². The summed E-state index contributed by atoms with van der Waals surface area (Å²) in [6.45, 7) is -1.17. The van der Waals surface area contributed by atoms with Gasteiger partial charge in [-0.25, -0.2) is 0 Å². The monoisotopic (exact) mass is 176 g/mol. The Morgan fingerprint density at radius 3 is 2.83 bits per heavy atom. The van der Waals surface area contributed by atoms with E-state index in [1.165, 1.54) is 0 Å². The molecule has 1 saturated carbocycles. The van der Waals surface area contributed by atoms with Gasteiger partial charge in [0, 0.05) is 24.9 Å². The van der Waals surface area contributed by atoms with Gasteiger partial charge in [0.1, 0.15) is 0 Å².